The van der Waals surface area contributed by atoms with Crippen molar-refractivity contribution >= 4 is 0 Å². The van der Waals surface area contributed by atoms with Gasteiger partial charge in [-0.25, -0.2) is 0 Å². The summed E-state index contributed by atoms with van der Waals surface area (Å²) >= 11 is 0. The Morgan fingerprint density at radius 1 is 1.00 bits per heavy atom. The van der Waals surface area contributed by atoms with Crippen molar-refractivity contribution in [3.8, 4) is 0 Å². The van der Waals surface area contributed by atoms with Crippen LogP contribution in [0.5, 0.6) is 0 Å². The zero-order chi connectivity index (χ0) is 13.2. The minimum Gasteiger partial charge on any atom is -0.314 e. The van der Waals surface area contributed by atoms with Crippen LogP contribution < -0.4 is 5.32 Å². The summed E-state index contributed by atoms with van der Waals surface area (Å²) in [5.41, 5.74) is 0.440. The number of hydrogen-bond donors (Lipinski definition) is 1. The molecular weight excluding hydrogens is 218 g/mol. The molecule has 2 fully saturated rings. The molecule has 0 radical (unpaired) electrons. The van der Waals surface area contributed by atoms with Crippen LogP contribution in [0.15, 0.2) is 0 Å². The Bertz CT molecular complexity index is 253. The molecule has 4 atom stereocenters. The van der Waals surface area contributed by atoms with E-state index < -0.39 is 0 Å². The minimum absolute atomic E-state index is 0.440. The summed E-state index contributed by atoms with van der Waals surface area (Å²) in [6.45, 7) is 10.7. The van der Waals surface area contributed by atoms with Crippen molar-refractivity contribution < 1.29 is 0 Å². The summed E-state index contributed by atoms with van der Waals surface area (Å²) in [7, 11) is 0. The first-order chi connectivity index (χ1) is 8.47. The Balaban J connectivity index is 1.74. The molecular formula is C17H33N. The fraction of sp³-hybridized carbons (Fsp3) is 1.00. The lowest BCUT2D eigenvalue weighted by Gasteiger charge is -2.40. The summed E-state index contributed by atoms with van der Waals surface area (Å²) in [6, 6.07) is 0.814. The van der Waals surface area contributed by atoms with Gasteiger partial charge in [-0.05, 0) is 49.0 Å². The van der Waals surface area contributed by atoms with Crippen molar-refractivity contribution in [1.29, 1.82) is 0 Å². The summed E-state index contributed by atoms with van der Waals surface area (Å²) < 4.78 is 0. The van der Waals surface area contributed by atoms with E-state index in [-0.39, 0.29) is 0 Å². The molecule has 0 aliphatic heterocycles. The molecule has 2 saturated carbocycles. The van der Waals surface area contributed by atoms with Crippen LogP contribution in [0.4, 0.5) is 0 Å². The average molecular weight is 251 g/mol. The molecule has 0 saturated heterocycles. The van der Waals surface area contributed by atoms with E-state index in [2.05, 4.69) is 33.0 Å². The van der Waals surface area contributed by atoms with Crippen molar-refractivity contribution in [2.75, 3.05) is 6.54 Å². The second kappa shape index (κ2) is 5.94. The highest BCUT2D eigenvalue weighted by atomic mass is 14.9. The van der Waals surface area contributed by atoms with E-state index >= 15 is 0 Å². The zero-order valence-electron chi connectivity index (χ0n) is 13.0. The maximum absolute atomic E-state index is 3.86. The molecule has 0 aromatic heterocycles. The molecule has 106 valence electrons. The Labute approximate surface area is 114 Å². The van der Waals surface area contributed by atoms with Gasteiger partial charge in [0.25, 0.3) is 0 Å². The van der Waals surface area contributed by atoms with Crippen LogP contribution in [-0.2, 0) is 0 Å². The molecule has 4 unspecified atom stereocenters. The Morgan fingerprint density at radius 2 is 1.67 bits per heavy atom. The normalized spacial score (nSPS) is 35.0. The van der Waals surface area contributed by atoms with Gasteiger partial charge in [-0.3, -0.25) is 0 Å². The Kier molecular flexibility index (Phi) is 4.75. The van der Waals surface area contributed by atoms with Gasteiger partial charge >= 0.3 is 0 Å². The van der Waals surface area contributed by atoms with Gasteiger partial charge in [0.15, 0.2) is 0 Å². The Hall–Kier alpha value is -0.0400. The summed E-state index contributed by atoms with van der Waals surface area (Å²) in [6.07, 6.45) is 10.4. The first-order valence-corrected chi connectivity index (χ1v) is 8.20. The van der Waals surface area contributed by atoms with Crippen molar-refractivity contribution in [3.63, 3.8) is 0 Å². The van der Waals surface area contributed by atoms with Crippen molar-refractivity contribution in [3.05, 3.63) is 0 Å². The van der Waals surface area contributed by atoms with Crippen LogP contribution in [0.25, 0.3) is 0 Å². The molecule has 2 aliphatic rings. The van der Waals surface area contributed by atoms with Gasteiger partial charge < -0.3 is 5.32 Å². The summed E-state index contributed by atoms with van der Waals surface area (Å²) in [5.74, 6) is 2.90. The molecule has 2 rings (SSSR count). The maximum Gasteiger partial charge on any atom is 0.00700 e. The molecule has 18 heavy (non-hydrogen) atoms. The van der Waals surface area contributed by atoms with Gasteiger partial charge in [-0.1, -0.05) is 53.4 Å². The van der Waals surface area contributed by atoms with E-state index in [0.29, 0.717) is 5.41 Å². The van der Waals surface area contributed by atoms with Gasteiger partial charge in [-0.15, -0.1) is 0 Å². The lowest BCUT2D eigenvalue weighted by atomic mass is 9.69. The third-order valence-corrected chi connectivity index (χ3v) is 5.73. The smallest absolute Gasteiger partial charge is 0.00700 e. The molecule has 0 bridgehead atoms. The van der Waals surface area contributed by atoms with Gasteiger partial charge in [-0.2, -0.15) is 0 Å². The fourth-order valence-corrected chi connectivity index (χ4v) is 3.71. The summed E-state index contributed by atoms with van der Waals surface area (Å²) in [5, 5.41) is 3.86. The van der Waals surface area contributed by atoms with Crippen LogP contribution in [-0.4, -0.2) is 12.6 Å². The monoisotopic (exact) mass is 251 g/mol. The molecule has 0 spiro atoms. The predicted octanol–water partition coefficient (Wildman–Crippen LogP) is 4.62. The molecule has 1 heteroatoms. The van der Waals surface area contributed by atoms with E-state index in [4.69, 9.17) is 0 Å². The van der Waals surface area contributed by atoms with Crippen LogP contribution in [0, 0.1) is 23.2 Å². The van der Waals surface area contributed by atoms with Crippen LogP contribution >= 0.6 is 0 Å². The quantitative estimate of drug-likeness (QED) is 0.772. The van der Waals surface area contributed by atoms with Gasteiger partial charge in [0.05, 0.1) is 0 Å². The predicted molar refractivity (Wildman–Crippen MR) is 79.7 cm³/mol. The van der Waals surface area contributed by atoms with Gasteiger partial charge in [0.1, 0.15) is 0 Å². The summed E-state index contributed by atoms with van der Waals surface area (Å²) in [4.78, 5) is 0. The number of fused-ring (bicyclic) bond motifs is 1. The van der Waals surface area contributed by atoms with Crippen LogP contribution in [0.2, 0.25) is 0 Å². The number of hydrogen-bond acceptors (Lipinski definition) is 1. The largest absolute Gasteiger partial charge is 0.314 e. The van der Waals surface area contributed by atoms with Crippen molar-refractivity contribution in [1.82, 2.24) is 5.32 Å². The first-order valence-electron chi connectivity index (χ1n) is 8.20. The van der Waals surface area contributed by atoms with Gasteiger partial charge in [0, 0.05) is 6.04 Å². The van der Waals surface area contributed by atoms with E-state index in [9.17, 15) is 0 Å². The highest BCUT2D eigenvalue weighted by Gasteiger charge is 2.32. The van der Waals surface area contributed by atoms with Crippen LogP contribution in [0.3, 0.4) is 0 Å². The third-order valence-electron chi connectivity index (χ3n) is 5.73. The first kappa shape index (κ1) is 14.4. The standard InChI is InChI=1S/C17H33N/c1-13(17(2,3)4)12-18-16-10-9-14-7-5-6-8-15(14)11-16/h13-16,18H,5-12H2,1-4H3. The molecule has 0 heterocycles. The lowest BCUT2D eigenvalue weighted by molar-refractivity contribution is 0.136. The van der Waals surface area contributed by atoms with E-state index in [1.807, 2.05) is 0 Å². The van der Waals surface area contributed by atoms with E-state index in [0.717, 1.165) is 23.8 Å². The second-order valence-corrected chi connectivity index (χ2v) is 7.99. The average Bonchev–Trinajstić information content (AvgIpc) is 2.34. The van der Waals surface area contributed by atoms with Crippen molar-refractivity contribution in [2.45, 2.75) is 78.7 Å². The number of nitrogens with one attached hydrogen (secondary N) is 1. The molecule has 1 nitrogen and oxygen atoms in total. The van der Waals surface area contributed by atoms with E-state index in [1.165, 1.54) is 51.5 Å². The SMILES string of the molecule is CC(CNC1CCC2CCCCC2C1)C(C)(C)C. The highest BCUT2D eigenvalue weighted by Crippen LogP contribution is 2.40. The highest BCUT2D eigenvalue weighted by molar-refractivity contribution is 4.86. The van der Waals surface area contributed by atoms with Gasteiger partial charge in [0.2, 0.25) is 0 Å². The van der Waals surface area contributed by atoms with E-state index in [1.54, 1.807) is 0 Å². The zero-order valence-corrected chi connectivity index (χ0v) is 13.0. The Morgan fingerprint density at radius 3 is 2.33 bits per heavy atom. The topological polar surface area (TPSA) is 12.0 Å². The molecule has 0 aromatic rings. The molecule has 0 amide bonds. The second-order valence-electron chi connectivity index (χ2n) is 7.99. The fourth-order valence-electron chi connectivity index (χ4n) is 3.71. The molecule has 2 aliphatic carbocycles. The minimum atomic E-state index is 0.440. The van der Waals surface area contributed by atoms with Crippen LogP contribution in [0.1, 0.15) is 72.6 Å². The number of rotatable bonds is 3. The molecule has 0 aromatic carbocycles. The molecule has 1 N–H and O–H groups in total. The lowest BCUT2D eigenvalue weighted by Crippen LogP contribution is -2.42. The third kappa shape index (κ3) is 3.73. The maximum atomic E-state index is 3.86. The van der Waals surface area contributed by atoms with Crippen molar-refractivity contribution in [2.24, 2.45) is 23.2 Å².